The molecule has 1 aromatic rings. The third-order valence-electron chi connectivity index (χ3n) is 1.86. The molecule has 0 aliphatic heterocycles. The van der Waals surface area contributed by atoms with Crippen molar-refractivity contribution in [3.05, 3.63) is 48.0 Å². The van der Waals surface area contributed by atoms with Gasteiger partial charge in [-0.25, -0.2) is 4.79 Å². The van der Waals surface area contributed by atoms with Gasteiger partial charge < -0.3 is 10.2 Å². The number of benzene rings is 1. The van der Waals surface area contributed by atoms with Crippen molar-refractivity contribution in [1.82, 2.24) is 0 Å². The summed E-state index contributed by atoms with van der Waals surface area (Å²) in [5.74, 6) is -3.14. The number of carboxylic acids is 2. The molecule has 0 aliphatic carbocycles. The third-order valence-corrected chi connectivity index (χ3v) is 1.86. The van der Waals surface area contributed by atoms with E-state index in [1.807, 2.05) is 0 Å². The Morgan fingerprint density at radius 1 is 1.13 bits per heavy atom. The molecule has 4 nitrogen and oxygen atoms in total. The largest absolute Gasteiger partial charge is 0.481 e. The van der Waals surface area contributed by atoms with E-state index in [1.54, 1.807) is 30.3 Å². The molecule has 0 fully saturated rings. The highest BCUT2D eigenvalue weighted by molar-refractivity contribution is 5.84. The van der Waals surface area contributed by atoms with Crippen LogP contribution in [-0.2, 0) is 9.59 Å². The highest BCUT2D eigenvalue weighted by Crippen LogP contribution is 2.16. The first kappa shape index (κ1) is 11.0. The van der Waals surface area contributed by atoms with Gasteiger partial charge in [-0.15, -0.1) is 0 Å². The molecule has 4 heteroatoms. The number of aliphatic carboxylic acids is 2. The van der Waals surface area contributed by atoms with E-state index < -0.39 is 17.9 Å². The van der Waals surface area contributed by atoms with Crippen LogP contribution in [0.25, 0.3) is 0 Å². The molecule has 0 heterocycles. The standard InChI is InChI=1S/C11H10O4/c12-10(13)7-6-9(11(14)15)8-4-2-1-3-5-8/h1-7,9H,(H,12,13)(H,14,15). The van der Waals surface area contributed by atoms with Crippen LogP contribution in [0.4, 0.5) is 0 Å². The quantitative estimate of drug-likeness (QED) is 0.732. The zero-order chi connectivity index (χ0) is 11.3. The fraction of sp³-hybridized carbons (Fsp3) is 0.0909. The molecule has 1 rings (SSSR count). The molecule has 0 saturated carbocycles. The molecule has 0 saturated heterocycles. The molecular weight excluding hydrogens is 196 g/mol. The summed E-state index contributed by atoms with van der Waals surface area (Å²) in [7, 11) is 0. The van der Waals surface area contributed by atoms with E-state index in [1.165, 1.54) is 0 Å². The van der Waals surface area contributed by atoms with Gasteiger partial charge in [0.05, 0.1) is 0 Å². The first-order chi connectivity index (χ1) is 7.11. The molecule has 0 aromatic heterocycles. The lowest BCUT2D eigenvalue weighted by molar-refractivity contribution is -0.137. The molecule has 78 valence electrons. The van der Waals surface area contributed by atoms with Gasteiger partial charge in [-0.2, -0.15) is 0 Å². The van der Waals surface area contributed by atoms with Crippen molar-refractivity contribution in [2.45, 2.75) is 5.92 Å². The first-order valence-electron chi connectivity index (χ1n) is 4.30. The maximum atomic E-state index is 10.9. The van der Waals surface area contributed by atoms with E-state index in [4.69, 9.17) is 10.2 Å². The lowest BCUT2D eigenvalue weighted by Crippen LogP contribution is -2.09. The Labute approximate surface area is 86.5 Å². The smallest absolute Gasteiger partial charge is 0.328 e. The predicted octanol–water partition coefficient (Wildman–Crippen LogP) is 1.50. The summed E-state index contributed by atoms with van der Waals surface area (Å²) in [5.41, 5.74) is 0.558. The van der Waals surface area contributed by atoms with Crippen LogP contribution in [-0.4, -0.2) is 22.2 Å². The van der Waals surface area contributed by atoms with Crippen molar-refractivity contribution in [3.63, 3.8) is 0 Å². The molecule has 1 atom stereocenters. The van der Waals surface area contributed by atoms with Crippen molar-refractivity contribution in [3.8, 4) is 0 Å². The summed E-state index contributed by atoms with van der Waals surface area (Å²) >= 11 is 0. The maximum Gasteiger partial charge on any atom is 0.328 e. The molecule has 15 heavy (non-hydrogen) atoms. The number of rotatable bonds is 4. The van der Waals surface area contributed by atoms with Crippen LogP contribution in [0.2, 0.25) is 0 Å². The minimum Gasteiger partial charge on any atom is -0.481 e. The summed E-state index contributed by atoms with van der Waals surface area (Å²) in [6.45, 7) is 0. The Balaban J connectivity index is 2.94. The highest BCUT2D eigenvalue weighted by Gasteiger charge is 2.15. The van der Waals surface area contributed by atoms with E-state index in [9.17, 15) is 9.59 Å². The number of carbonyl (C=O) groups is 2. The molecule has 0 radical (unpaired) electrons. The normalized spacial score (nSPS) is 12.5. The van der Waals surface area contributed by atoms with Crippen LogP contribution in [0.3, 0.4) is 0 Å². The Kier molecular flexibility index (Phi) is 3.62. The summed E-state index contributed by atoms with van der Waals surface area (Å²) in [5, 5.41) is 17.3. The molecule has 1 aromatic carbocycles. The molecule has 0 amide bonds. The van der Waals surface area contributed by atoms with Gasteiger partial charge in [0.25, 0.3) is 0 Å². The predicted molar refractivity (Wildman–Crippen MR) is 53.6 cm³/mol. The van der Waals surface area contributed by atoms with E-state index in [2.05, 4.69) is 0 Å². The lowest BCUT2D eigenvalue weighted by atomic mass is 9.99. The Morgan fingerprint density at radius 3 is 2.20 bits per heavy atom. The monoisotopic (exact) mass is 206 g/mol. The second-order valence-corrected chi connectivity index (χ2v) is 2.92. The number of hydrogen-bond donors (Lipinski definition) is 2. The SMILES string of the molecule is O=C(O)C=CC(C(=O)O)c1ccccc1. The van der Waals surface area contributed by atoms with E-state index in [0.29, 0.717) is 5.56 Å². The van der Waals surface area contributed by atoms with Crippen LogP contribution in [0.1, 0.15) is 11.5 Å². The van der Waals surface area contributed by atoms with Gasteiger partial charge in [0.2, 0.25) is 0 Å². The van der Waals surface area contributed by atoms with Crippen molar-refractivity contribution < 1.29 is 19.8 Å². The molecule has 0 aliphatic rings. The first-order valence-corrected chi connectivity index (χ1v) is 4.30. The Morgan fingerprint density at radius 2 is 1.73 bits per heavy atom. The minimum absolute atomic E-state index is 0.558. The zero-order valence-corrected chi connectivity index (χ0v) is 7.83. The van der Waals surface area contributed by atoms with Gasteiger partial charge >= 0.3 is 11.9 Å². The number of carboxylic acid groups (broad SMARTS) is 2. The van der Waals surface area contributed by atoms with Crippen LogP contribution >= 0.6 is 0 Å². The summed E-state index contributed by atoms with van der Waals surface area (Å²) in [4.78, 5) is 21.1. The molecular formula is C11H10O4. The van der Waals surface area contributed by atoms with Crippen LogP contribution in [0.5, 0.6) is 0 Å². The van der Waals surface area contributed by atoms with E-state index in [-0.39, 0.29) is 0 Å². The maximum absolute atomic E-state index is 10.9. The van der Waals surface area contributed by atoms with Crippen molar-refractivity contribution in [2.75, 3.05) is 0 Å². The van der Waals surface area contributed by atoms with E-state index >= 15 is 0 Å². The highest BCUT2D eigenvalue weighted by atomic mass is 16.4. The van der Waals surface area contributed by atoms with Gasteiger partial charge in [0.15, 0.2) is 0 Å². The number of hydrogen-bond acceptors (Lipinski definition) is 2. The fourth-order valence-electron chi connectivity index (χ4n) is 1.17. The summed E-state index contributed by atoms with van der Waals surface area (Å²) < 4.78 is 0. The second kappa shape index (κ2) is 4.95. The summed E-state index contributed by atoms with van der Waals surface area (Å²) in [6, 6.07) is 8.47. The average molecular weight is 206 g/mol. The summed E-state index contributed by atoms with van der Waals surface area (Å²) in [6.07, 6.45) is 1.99. The van der Waals surface area contributed by atoms with Crippen molar-refractivity contribution >= 4 is 11.9 Å². The minimum atomic E-state index is -1.16. The van der Waals surface area contributed by atoms with Crippen molar-refractivity contribution in [1.29, 1.82) is 0 Å². The average Bonchev–Trinajstić information content (AvgIpc) is 2.18. The van der Waals surface area contributed by atoms with Crippen molar-refractivity contribution in [2.24, 2.45) is 0 Å². The van der Waals surface area contributed by atoms with Gasteiger partial charge in [-0.3, -0.25) is 4.79 Å². The molecule has 0 spiro atoms. The van der Waals surface area contributed by atoms with Crippen LogP contribution in [0.15, 0.2) is 42.5 Å². The van der Waals surface area contributed by atoms with E-state index in [0.717, 1.165) is 12.2 Å². The molecule has 0 bridgehead atoms. The molecule has 2 N–H and O–H groups in total. The third kappa shape index (κ3) is 3.27. The fourth-order valence-corrected chi connectivity index (χ4v) is 1.17. The van der Waals surface area contributed by atoms with Gasteiger partial charge in [-0.1, -0.05) is 36.4 Å². The van der Waals surface area contributed by atoms with Gasteiger partial charge in [0.1, 0.15) is 5.92 Å². The van der Waals surface area contributed by atoms with Crippen LogP contribution < -0.4 is 0 Å². The van der Waals surface area contributed by atoms with Gasteiger partial charge in [0, 0.05) is 6.08 Å². The zero-order valence-electron chi connectivity index (χ0n) is 7.83. The molecule has 1 unspecified atom stereocenters. The van der Waals surface area contributed by atoms with Gasteiger partial charge in [-0.05, 0) is 5.56 Å². The second-order valence-electron chi connectivity index (χ2n) is 2.92. The lowest BCUT2D eigenvalue weighted by Gasteiger charge is -2.06. The van der Waals surface area contributed by atoms with Crippen LogP contribution in [0, 0.1) is 0 Å². The Hall–Kier alpha value is -2.10. The Bertz CT molecular complexity index is 381. The topological polar surface area (TPSA) is 74.6 Å².